The molecule has 5 nitrogen and oxygen atoms in total. The lowest BCUT2D eigenvalue weighted by Crippen LogP contribution is -2.04. The maximum Gasteiger partial charge on any atom is 0.303 e. The second kappa shape index (κ2) is 5.18. The van der Waals surface area contributed by atoms with Gasteiger partial charge in [-0.05, 0) is 12.1 Å². The Kier molecular flexibility index (Phi) is 3.62. The average molecular weight is 266 g/mol. The lowest BCUT2D eigenvalue weighted by molar-refractivity contribution is -0.137. The summed E-state index contributed by atoms with van der Waals surface area (Å²) in [4.78, 5) is 18.7. The number of imidazole rings is 1. The van der Waals surface area contributed by atoms with Crippen molar-refractivity contribution >= 4 is 17.6 Å². The smallest absolute Gasteiger partial charge is 0.303 e. The Morgan fingerprint density at radius 1 is 1.44 bits per heavy atom. The molecule has 0 amide bonds. The summed E-state index contributed by atoms with van der Waals surface area (Å²) in [7, 11) is 1.83. The van der Waals surface area contributed by atoms with Gasteiger partial charge in [0.1, 0.15) is 5.82 Å². The van der Waals surface area contributed by atoms with E-state index in [9.17, 15) is 4.79 Å². The molecule has 0 spiro atoms. The Hall–Kier alpha value is -1.88. The van der Waals surface area contributed by atoms with Gasteiger partial charge in [-0.25, -0.2) is 4.98 Å². The Morgan fingerprint density at radius 2 is 2.11 bits per heavy atom. The van der Waals surface area contributed by atoms with Gasteiger partial charge in [-0.3, -0.25) is 9.78 Å². The van der Waals surface area contributed by atoms with Gasteiger partial charge in [0.05, 0.1) is 12.1 Å². The van der Waals surface area contributed by atoms with Crippen LogP contribution in [-0.2, 0) is 18.3 Å². The summed E-state index contributed by atoms with van der Waals surface area (Å²) < 4.78 is 1.82. The van der Waals surface area contributed by atoms with Crippen LogP contribution in [0.1, 0.15) is 12.2 Å². The maximum atomic E-state index is 10.6. The molecule has 0 aliphatic carbocycles. The molecule has 1 N–H and O–H groups in total. The SMILES string of the molecule is Cn1c(CCC(=O)O)nc(Cl)c1-c1ccncc1. The number of aromatic nitrogens is 3. The maximum absolute atomic E-state index is 10.6. The number of carboxylic acids is 1. The summed E-state index contributed by atoms with van der Waals surface area (Å²) in [5.74, 6) is -0.186. The van der Waals surface area contributed by atoms with E-state index in [2.05, 4.69) is 9.97 Å². The van der Waals surface area contributed by atoms with Gasteiger partial charge in [-0.2, -0.15) is 0 Å². The molecule has 18 heavy (non-hydrogen) atoms. The molecule has 0 atom stereocenters. The van der Waals surface area contributed by atoms with E-state index < -0.39 is 5.97 Å². The predicted molar refractivity (Wildman–Crippen MR) is 67.4 cm³/mol. The van der Waals surface area contributed by atoms with Crippen LogP contribution in [0.5, 0.6) is 0 Å². The second-order valence-electron chi connectivity index (χ2n) is 3.86. The second-order valence-corrected chi connectivity index (χ2v) is 4.21. The minimum Gasteiger partial charge on any atom is -0.481 e. The lowest BCUT2D eigenvalue weighted by Gasteiger charge is -2.05. The topological polar surface area (TPSA) is 68.0 Å². The van der Waals surface area contributed by atoms with Crippen LogP contribution in [0.15, 0.2) is 24.5 Å². The van der Waals surface area contributed by atoms with E-state index in [1.54, 1.807) is 12.4 Å². The molecular weight excluding hydrogens is 254 g/mol. The third kappa shape index (κ3) is 2.51. The van der Waals surface area contributed by atoms with Crippen LogP contribution in [0.25, 0.3) is 11.3 Å². The Balaban J connectivity index is 2.35. The van der Waals surface area contributed by atoms with E-state index in [0.29, 0.717) is 17.4 Å². The zero-order valence-corrected chi connectivity index (χ0v) is 10.6. The summed E-state index contributed by atoms with van der Waals surface area (Å²) in [6.45, 7) is 0. The molecule has 2 aromatic heterocycles. The highest BCUT2D eigenvalue weighted by molar-refractivity contribution is 6.32. The molecule has 0 aliphatic rings. The van der Waals surface area contributed by atoms with Crippen LogP contribution in [0.2, 0.25) is 5.15 Å². The van der Waals surface area contributed by atoms with Crippen molar-refractivity contribution < 1.29 is 9.90 Å². The van der Waals surface area contributed by atoms with Crippen molar-refractivity contribution in [3.63, 3.8) is 0 Å². The molecule has 6 heteroatoms. The molecule has 2 aromatic rings. The van der Waals surface area contributed by atoms with E-state index in [-0.39, 0.29) is 6.42 Å². The molecule has 0 aliphatic heterocycles. The summed E-state index contributed by atoms with van der Waals surface area (Å²) in [5.41, 5.74) is 1.69. The quantitative estimate of drug-likeness (QED) is 0.920. The van der Waals surface area contributed by atoms with Crippen molar-refractivity contribution in [2.45, 2.75) is 12.8 Å². The number of hydrogen-bond donors (Lipinski definition) is 1. The number of carbonyl (C=O) groups is 1. The highest BCUT2D eigenvalue weighted by Crippen LogP contribution is 2.27. The molecule has 0 fully saturated rings. The molecule has 0 bridgehead atoms. The zero-order valence-electron chi connectivity index (χ0n) is 9.80. The van der Waals surface area contributed by atoms with Gasteiger partial charge in [-0.1, -0.05) is 11.6 Å². The molecule has 0 radical (unpaired) electrons. The number of halogens is 1. The van der Waals surface area contributed by atoms with Gasteiger partial charge in [-0.15, -0.1) is 0 Å². The third-order valence-corrected chi connectivity index (χ3v) is 2.92. The number of pyridine rings is 1. The molecular formula is C12H12ClN3O2. The van der Waals surface area contributed by atoms with Crippen molar-refractivity contribution in [3.8, 4) is 11.3 Å². The van der Waals surface area contributed by atoms with Gasteiger partial charge in [0, 0.05) is 31.4 Å². The number of nitrogens with zero attached hydrogens (tertiary/aromatic N) is 3. The number of hydrogen-bond acceptors (Lipinski definition) is 3. The van der Waals surface area contributed by atoms with E-state index in [1.807, 2.05) is 23.7 Å². The molecule has 2 rings (SSSR count). The largest absolute Gasteiger partial charge is 0.481 e. The van der Waals surface area contributed by atoms with E-state index in [1.165, 1.54) is 0 Å². The minimum absolute atomic E-state index is 0.0387. The van der Waals surface area contributed by atoms with Gasteiger partial charge in [0.2, 0.25) is 0 Å². The lowest BCUT2D eigenvalue weighted by atomic mass is 10.2. The van der Waals surface area contributed by atoms with E-state index in [0.717, 1.165) is 11.3 Å². The van der Waals surface area contributed by atoms with Crippen molar-refractivity contribution in [2.75, 3.05) is 0 Å². The van der Waals surface area contributed by atoms with Crippen molar-refractivity contribution in [2.24, 2.45) is 7.05 Å². The highest BCUT2D eigenvalue weighted by atomic mass is 35.5. The fourth-order valence-electron chi connectivity index (χ4n) is 1.77. The standard InChI is InChI=1S/C12H12ClN3O2/c1-16-9(2-3-10(17)18)15-12(13)11(16)8-4-6-14-7-5-8/h4-7H,2-3H2,1H3,(H,17,18). The molecule has 2 heterocycles. The number of aliphatic carboxylic acids is 1. The van der Waals surface area contributed by atoms with Gasteiger partial charge >= 0.3 is 5.97 Å². The van der Waals surface area contributed by atoms with Gasteiger partial charge in [0.25, 0.3) is 0 Å². The first-order valence-electron chi connectivity index (χ1n) is 5.43. The first-order valence-corrected chi connectivity index (χ1v) is 5.80. The Morgan fingerprint density at radius 3 is 2.72 bits per heavy atom. The minimum atomic E-state index is -0.848. The zero-order chi connectivity index (χ0) is 13.1. The van der Waals surface area contributed by atoms with Crippen LogP contribution >= 0.6 is 11.6 Å². The van der Waals surface area contributed by atoms with Crippen LogP contribution in [-0.4, -0.2) is 25.6 Å². The Labute approximate surface area is 109 Å². The molecule has 0 saturated heterocycles. The Bertz CT molecular complexity index is 566. The molecule has 0 aromatic carbocycles. The number of carboxylic acid groups (broad SMARTS) is 1. The fraction of sp³-hybridized carbons (Fsp3) is 0.250. The monoisotopic (exact) mass is 265 g/mol. The van der Waals surface area contributed by atoms with E-state index in [4.69, 9.17) is 16.7 Å². The summed E-state index contributed by atoms with van der Waals surface area (Å²) >= 11 is 6.10. The first kappa shape index (κ1) is 12.6. The van der Waals surface area contributed by atoms with Crippen LogP contribution in [0.4, 0.5) is 0 Å². The fourth-order valence-corrected chi connectivity index (χ4v) is 2.11. The predicted octanol–water partition coefficient (Wildman–Crippen LogP) is 2.15. The molecule has 0 saturated carbocycles. The van der Waals surface area contributed by atoms with Gasteiger partial charge in [0.15, 0.2) is 5.15 Å². The molecule has 0 unspecified atom stereocenters. The summed E-state index contributed by atoms with van der Waals surface area (Å²) in [6, 6.07) is 3.67. The van der Waals surface area contributed by atoms with Crippen LogP contribution < -0.4 is 0 Å². The van der Waals surface area contributed by atoms with Crippen LogP contribution in [0.3, 0.4) is 0 Å². The van der Waals surface area contributed by atoms with Gasteiger partial charge < -0.3 is 9.67 Å². The highest BCUT2D eigenvalue weighted by Gasteiger charge is 2.15. The first-order chi connectivity index (χ1) is 8.59. The average Bonchev–Trinajstić information content (AvgIpc) is 2.63. The molecule has 94 valence electrons. The van der Waals surface area contributed by atoms with Crippen molar-refractivity contribution in [1.82, 2.24) is 14.5 Å². The number of rotatable bonds is 4. The van der Waals surface area contributed by atoms with Crippen LogP contribution in [0, 0.1) is 0 Å². The van der Waals surface area contributed by atoms with Crippen molar-refractivity contribution in [1.29, 1.82) is 0 Å². The summed E-state index contributed by atoms with van der Waals surface area (Å²) in [6.07, 6.45) is 3.75. The normalized spacial score (nSPS) is 10.6. The van der Waals surface area contributed by atoms with E-state index >= 15 is 0 Å². The summed E-state index contributed by atoms with van der Waals surface area (Å²) in [5, 5.41) is 9.06. The number of aryl methyl sites for hydroxylation is 1. The third-order valence-electron chi connectivity index (χ3n) is 2.66. The van der Waals surface area contributed by atoms with Crippen molar-refractivity contribution in [3.05, 3.63) is 35.5 Å².